The van der Waals surface area contributed by atoms with Crippen molar-refractivity contribution in [1.82, 2.24) is 4.90 Å². The maximum absolute atomic E-state index is 10.7. The van der Waals surface area contributed by atoms with E-state index in [1.807, 2.05) is 0 Å². The van der Waals surface area contributed by atoms with Crippen molar-refractivity contribution in [2.24, 2.45) is 11.1 Å². The lowest BCUT2D eigenvalue weighted by atomic mass is 9.79. The second kappa shape index (κ2) is 5.68. The van der Waals surface area contributed by atoms with E-state index in [2.05, 4.69) is 18.7 Å². The summed E-state index contributed by atoms with van der Waals surface area (Å²) < 4.78 is 0. The van der Waals surface area contributed by atoms with Crippen LogP contribution in [-0.4, -0.2) is 29.0 Å². The Morgan fingerprint density at radius 3 is 2.80 bits per heavy atom. The molecule has 0 saturated carbocycles. The molecule has 0 amide bonds. The van der Waals surface area contributed by atoms with E-state index in [-0.39, 0.29) is 17.1 Å². The van der Waals surface area contributed by atoms with Gasteiger partial charge in [0.05, 0.1) is 9.95 Å². The zero-order valence-corrected chi connectivity index (χ0v) is 12.6. The number of rotatable bonds is 3. The second-order valence-electron chi connectivity index (χ2n) is 6.13. The molecule has 1 aliphatic heterocycles. The molecule has 1 atom stereocenters. The van der Waals surface area contributed by atoms with Crippen LogP contribution in [0, 0.1) is 15.5 Å². The van der Waals surface area contributed by atoms with Gasteiger partial charge in [-0.25, -0.2) is 0 Å². The molecule has 0 spiro atoms. The summed E-state index contributed by atoms with van der Waals surface area (Å²) in [4.78, 5) is 12.6. The minimum absolute atomic E-state index is 0.0275. The maximum atomic E-state index is 10.7. The molecular formula is C14H20ClN3O2. The lowest BCUT2D eigenvalue weighted by Gasteiger charge is -2.42. The molecule has 2 N–H and O–H groups in total. The van der Waals surface area contributed by atoms with Crippen LogP contribution < -0.4 is 5.73 Å². The number of piperidine rings is 1. The number of non-ortho nitro benzene ring substituents is 1. The van der Waals surface area contributed by atoms with Crippen molar-refractivity contribution >= 4 is 17.3 Å². The summed E-state index contributed by atoms with van der Waals surface area (Å²) in [6.07, 6.45) is 0.956. The molecule has 6 heteroatoms. The molecule has 1 aromatic rings. The Morgan fingerprint density at radius 2 is 2.25 bits per heavy atom. The van der Waals surface area contributed by atoms with E-state index in [0.717, 1.165) is 25.1 Å². The highest BCUT2D eigenvalue weighted by Crippen LogP contribution is 2.30. The molecule has 0 radical (unpaired) electrons. The van der Waals surface area contributed by atoms with Gasteiger partial charge in [-0.15, -0.1) is 0 Å². The Hall–Kier alpha value is -1.17. The molecule has 0 aliphatic carbocycles. The minimum atomic E-state index is -0.432. The number of hydrogen-bond donors (Lipinski definition) is 1. The van der Waals surface area contributed by atoms with Crippen molar-refractivity contribution in [3.63, 3.8) is 0 Å². The van der Waals surface area contributed by atoms with Crippen molar-refractivity contribution in [2.75, 3.05) is 13.1 Å². The molecule has 110 valence electrons. The largest absolute Gasteiger partial charge is 0.327 e. The van der Waals surface area contributed by atoms with Crippen LogP contribution >= 0.6 is 11.6 Å². The predicted molar refractivity (Wildman–Crippen MR) is 79.8 cm³/mol. The average Bonchev–Trinajstić information content (AvgIpc) is 2.35. The topological polar surface area (TPSA) is 72.4 Å². The summed E-state index contributed by atoms with van der Waals surface area (Å²) in [6.45, 7) is 6.87. The van der Waals surface area contributed by atoms with Gasteiger partial charge in [-0.2, -0.15) is 0 Å². The molecule has 1 aromatic carbocycles. The fourth-order valence-electron chi connectivity index (χ4n) is 2.64. The van der Waals surface area contributed by atoms with Gasteiger partial charge in [-0.3, -0.25) is 15.0 Å². The average molecular weight is 298 g/mol. The first-order valence-corrected chi connectivity index (χ1v) is 7.08. The highest BCUT2D eigenvalue weighted by Gasteiger charge is 2.33. The molecule has 1 fully saturated rings. The summed E-state index contributed by atoms with van der Waals surface area (Å²) in [5.74, 6) is 0. The quantitative estimate of drug-likeness (QED) is 0.688. The van der Waals surface area contributed by atoms with Gasteiger partial charge in [0.15, 0.2) is 0 Å². The smallest absolute Gasteiger partial charge is 0.270 e. The number of nitro benzene ring substituents is 1. The Bertz CT molecular complexity index is 519. The van der Waals surface area contributed by atoms with Crippen LogP contribution in [-0.2, 0) is 6.54 Å². The van der Waals surface area contributed by atoms with Crippen LogP contribution in [0.3, 0.4) is 0 Å². The number of halogens is 1. The number of likely N-dealkylation sites (tertiary alicyclic amines) is 1. The molecule has 1 heterocycles. The SMILES string of the molecule is CC1(C)CN(Cc2ccc([N+](=O)[O-])cc2Cl)CCC1N. The van der Waals surface area contributed by atoms with E-state index < -0.39 is 4.92 Å². The highest BCUT2D eigenvalue weighted by molar-refractivity contribution is 6.31. The minimum Gasteiger partial charge on any atom is -0.327 e. The zero-order chi connectivity index (χ0) is 14.9. The van der Waals surface area contributed by atoms with Crippen LogP contribution in [0.5, 0.6) is 0 Å². The first-order chi connectivity index (χ1) is 9.29. The lowest BCUT2D eigenvalue weighted by Crippen LogP contribution is -2.52. The van der Waals surface area contributed by atoms with Crippen LogP contribution in [0.1, 0.15) is 25.8 Å². The Balaban J connectivity index is 2.09. The van der Waals surface area contributed by atoms with Crippen molar-refractivity contribution in [1.29, 1.82) is 0 Å². The first kappa shape index (κ1) is 15.2. The Kier molecular flexibility index (Phi) is 4.32. The van der Waals surface area contributed by atoms with Crippen LogP contribution in [0.25, 0.3) is 0 Å². The summed E-state index contributed by atoms with van der Waals surface area (Å²) in [5.41, 5.74) is 7.15. The Morgan fingerprint density at radius 1 is 1.55 bits per heavy atom. The van der Waals surface area contributed by atoms with Gasteiger partial charge < -0.3 is 5.73 Å². The van der Waals surface area contributed by atoms with E-state index in [0.29, 0.717) is 11.6 Å². The molecule has 20 heavy (non-hydrogen) atoms. The van der Waals surface area contributed by atoms with Gasteiger partial charge in [-0.05, 0) is 23.5 Å². The third-order valence-electron chi connectivity index (χ3n) is 4.03. The molecular weight excluding hydrogens is 278 g/mol. The van der Waals surface area contributed by atoms with E-state index in [1.54, 1.807) is 6.07 Å². The van der Waals surface area contributed by atoms with Crippen LogP contribution in [0.15, 0.2) is 18.2 Å². The number of hydrogen-bond acceptors (Lipinski definition) is 4. The lowest BCUT2D eigenvalue weighted by molar-refractivity contribution is -0.384. The second-order valence-corrected chi connectivity index (χ2v) is 6.53. The van der Waals surface area contributed by atoms with Crippen LogP contribution in [0.4, 0.5) is 5.69 Å². The Labute approximate surface area is 123 Å². The predicted octanol–water partition coefficient (Wildman–Crippen LogP) is 2.81. The van der Waals surface area contributed by atoms with Gasteiger partial charge in [-0.1, -0.05) is 25.4 Å². The number of nitrogens with zero attached hydrogens (tertiary/aromatic N) is 2. The summed E-state index contributed by atoms with van der Waals surface area (Å²) >= 11 is 6.14. The number of benzene rings is 1. The summed E-state index contributed by atoms with van der Waals surface area (Å²) in [6, 6.07) is 4.87. The van der Waals surface area contributed by atoms with E-state index in [4.69, 9.17) is 17.3 Å². The van der Waals surface area contributed by atoms with E-state index in [1.165, 1.54) is 12.1 Å². The molecule has 0 aromatic heterocycles. The molecule has 1 aliphatic rings. The summed E-state index contributed by atoms with van der Waals surface area (Å²) in [7, 11) is 0. The van der Waals surface area contributed by atoms with Crippen molar-refractivity contribution in [3.05, 3.63) is 38.9 Å². The van der Waals surface area contributed by atoms with Gasteiger partial charge in [0.2, 0.25) is 0 Å². The monoisotopic (exact) mass is 297 g/mol. The fraction of sp³-hybridized carbons (Fsp3) is 0.571. The summed E-state index contributed by atoms with van der Waals surface area (Å²) in [5, 5.41) is 11.1. The molecule has 1 unspecified atom stereocenters. The number of nitrogens with two attached hydrogens (primary N) is 1. The van der Waals surface area contributed by atoms with Gasteiger partial charge >= 0.3 is 0 Å². The fourth-order valence-corrected chi connectivity index (χ4v) is 2.87. The third-order valence-corrected chi connectivity index (χ3v) is 4.38. The molecule has 2 rings (SSSR count). The molecule has 5 nitrogen and oxygen atoms in total. The van der Waals surface area contributed by atoms with Crippen molar-refractivity contribution in [3.8, 4) is 0 Å². The maximum Gasteiger partial charge on any atom is 0.270 e. The van der Waals surface area contributed by atoms with E-state index >= 15 is 0 Å². The molecule has 0 bridgehead atoms. The van der Waals surface area contributed by atoms with Crippen molar-refractivity contribution < 1.29 is 4.92 Å². The normalized spacial score (nSPS) is 22.7. The van der Waals surface area contributed by atoms with Crippen LogP contribution in [0.2, 0.25) is 5.02 Å². The number of nitro groups is 1. The van der Waals surface area contributed by atoms with Gasteiger partial charge in [0.1, 0.15) is 0 Å². The zero-order valence-electron chi connectivity index (χ0n) is 11.8. The van der Waals surface area contributed by atoms with E-state index in [9.17, 15) is 10.1 Å². The highest BCUT2D eigenvalue weighted by atomic mass is 35.5. The standard InChI is InChI=1S/C14H20ClN3O2/c1-14(2)9-17(6-5-13(14)16)8-10-3-4-11(18(19)20)7-12(10)15/h3-4,7,13H,5-6,8-9,16H2,1-2H3. The molecule has 1 saturated heterocycles. The van der Waals surface area contributed by atoms with Crippen molar-refractivity contribution in [2.45, 2.75) is 32.9 Å². The third kappa shape index (κ3) is 3.29. The van der Waals surface area contributed by atoms with Gasteiger partial charge in [0, 0.05) is 37.8 Å². The van der Waals surface area contributed by atoms with Gasteiger partial charge in [0.25, 0.3) is 5.69 Å². The first-order valence-electron chi connectivity index (χ1n) is 6.70.